The molecule has 1 aliphatic rings. The van der Waals surface area contributed by atoms with Gasteiger partial charge in [-0.1, -0.05) is 6.92 Å². The molecule has 1 saturated heterocycles. The SMILES string of the molecule is CC(CCl)C(=O)NC1CCC(=O)N(C)C1=O. The summed E-state index contributed by atoms with van der Waals surface area (Å²) < 4.78 is 0. The molecule has 1 aliphatic heterocycles. The molecule has 16 heavy (non-hydrogen) atoms. The van der Waals surface area contributed by atoms with Crippen LogP contribution in [0.1, 0.15) is 19.8 Å². The summed E-state index contributed by atoms with van der Waals surface area (Å²) in [4.78, 5) is 35.4. The van der Waals surface area contributed by atoms with E-state index in [1.54, 1.807) is 6.92 Å². The molecule has 0 aromatic heterocycles. The molecule has 1 heterocycles. The molecule has 1 fully saturated rings. The van der Waals surface area contributed by atoms with E-state index in [1.165, 1.54) is 7.05 Å². The van der Waals surface area contributed by atoms with Gasteiger partial charge in [-0.2, -0.15) is 0 Å². The molecule has 90 valence electrons. The van der Waals surface area contributed by atoms with E-state index < -0.39 is 6.04 Å². The first kappa shape index (κ1) is 13.0. The number of likely N-dealkylation sites (N-methyl/N-ethyl adjacent to an activating group) is 1. The molecule has 1 N–H and O–H groups in total. The quantitative estimate of drug-likeness (QED) is 0.568. The van der Waals surface area contributed by atoms with E-state index in [9.17, 15) is 14.4 Å². The number of hydrogen-bond donors (Lipinski definition) is 1. The van der Waals surface area contributed by atoms with Crippen molar-refractivity contribution in [1.29, 1.82) is 0 Å². The van der Waals surface area contributed by atoms with Gasteiger partial charge in [0, 0.05) is 25.3 Å². The molecule has 0 bridgehead atoms. The maximum atomic E-state index is 11.6. The van der Waals surface area contributed by atoms with Gasteiger partial charge < -0.3 is 5.32 Å². The lowest BCUT2D eigenvalue weighted by atomic mass is 10.0. The molecular weight excluding hydrogens is 232 g/mol. The van der Waals surface area contributed by atoms with Crippen molar-refractivity contribution in [2.24, 2.45) is 5.92 Å². The third-order valence-electron chi connectivity index (χ3n) is 2.65. The van der Waals surface area contributed by atoms with Gasteiger partial charge in [0.15, 0.2) is 0 Å². The number of halogens is 1. The van der Waals surface area contributed by atoms with Crippen molar-refractivity contribution in [1.82, 2.24) is 10.2 Å². The lowest BCUT2D eigenvalue weighted by Gasteiger charge is -2.28. The van der Waals surface area contributed by atoms with Gasteiger partial charge in [-0.25, -0.2) is 0 Å². The standard InChI is InChI=1S/C10H15ClN2O3/c1-6(5-11)9(15)12-7-3-4-8(14)13(2)10(7)16/h6-7H,3-5H2,1-2H3,(H,12,15). The molecule has 2 atom stereocenters. The van der Waals surface area contributed by atoms with Gasteiger partial charge in [-0.3, -0.25) is 19.3 Å². The monoisotopic (exact) mass is 246 g/mol. The van der Waals surface area contributed by atoms with Gasteiger partial charge >= 0.3 is 0 Å². The summed E-state index contributed by atoms with van der Waals surface area (Å²) in [6.07, 6.45) is 0.644. The fraction of sp³-hybridized carbons (Fsp3) is 0.700. The summed E-state index contributed by atoms with van der Waals surface area (Å²) in [6, 6.07) is -0.596. The molecule has 0 saturated carbocycles. The number of nitrogens with one attached hydrogen (secondary N) is 1. The fourth-order valence-electron chi connectivity index (χ4n) is 1.43. The molecule has 5 nitrogen and oxygen atoms in total. The Morgan fingerprint density at radius 2 is 2.25 bits per heavy atom. The highest BCUT2D eigenvalue weighted by molar-refractivity contribution is 6.19. The lowest BCUT2D eigenvalue weighted by molar-refractivity contribution is -0.149. The van der Waals surface area contributed by atoms with Crippen molar-refractivity contribution < 1.29 is 14.4 Å². The molecule has 3 amide bonds. The van der Waals surface area contributed by atoms with E-state index in [2.05, 4.69) is 5.32 Å². The Morgan fingerprint density at radius 1 is 1.62 bits per heavy atom. The van der Waals surface area contributed by atoms with Crippen LogP contribution in [0.15, 0.2) is 0 Å². The fourth-order valence-corrected chi connectivity index (χ4v) is 1.57. The summed E-state index contributed by atoms with van der Waals surface area (Å²) in [5.41, 5.74) is 0. The zero-order valence-electron chi connectivity index (χ0n) is 9.33. The van der Waals surface area contributed by atoms with Crippen LogP contribution in [-0.2, 0) is 14.4 Å². The third-order valence-corrected chi connectivity index (χ3v) is 3.11. The molecule has 6 heteroatoms. The van der Waals surface area contributed by atoms with Gasteiger partial charge in [-0.15, -0.1) is 11.6 Å². The van der Waals surface area contributed by atoms with E-state index >= 15 is 0 Å². The summed E-state index contributed by atoms with van der Waals surface area (Å²) in [7, 11) is 1.42. The van der Waals surface area contributed by atoms with Gasteiger partial charge in [0.1, 0.15) is 6.04 Å². The zero-order chi connectivity index (χ0) is 12.3. The number of likely N-dealkylation sites (tertiary alicyclic amines) is 1. The number of imide groups is 1. The van der Waals surface area contributed by atoms with Crippen molar-refractivity contribution in [2.75, 3.05) is 12.9 Å². The van der Waals surface area contributed by atoms with Crippen LogP contribution in [0.5, 0.6) is 0 Å². The highest BCUT2D eigenvalue weighted by atomic mass is 35.5. The summed E-state index contributed by atoms with van der Waals surface area (Å²) in [5.74, 6) is -0.942. The first-order chi connectivity index (χ1) is 7.47. The minimum atomic E-state index is -0.596. The van der Waals surface area contributed by atoms with Crippen LogP contribution in [0.25, 0.3) is 0 Å². The van der Waals surface area contributed by atoms with Crippen molar-refractivity contribution >= 4 is 29.3 Å². The van der Waals surface area contributed by atoms with Crippen LogP contribution in [0.3, 0.4) is 0 Å². The predicted molar refractivity (Wildman–Crippen MR) is 58.8 cm³/mol. The number of nitrogens with zero attached hydrogens (tertiary/aromatic N) is 1. The molecular formula is C10H15ClN2O3. The number of hydrogen-bond acceptors (Lipinski definition) is 3. The Kier molecular flexibility index (Phi) is 4.29. The lowest BCUT2D eigenvalue weighted by Crippen LogP contribution is -2.53. The Labute approximate surface area is 99.1 Å². The molecule has 0 aromatic rings. The molecule has 2 unspecified atom stereocenters. The Hall–Kier alpha value is -1.10. The molecule has 1 rings (SSSR count). The van der Waals surface area contributed by atoms with E-state index in [0.29, 0.717) is 6.42 Å². The number of piperidine rings is 1. The van der Waals surface area contributed by atoms with Gasteiger partial charge in [0.05, 0.1) is 0 Å². The molecule has 0 radical (unpaired) electrons. The van der Waals surface area contributed by atoms with E-state index in [-0.39, 0.29) is 35.9 Å². The van der Waals surface area contributed by atoms with E-state index in [1.807, 2.05) is 0 Å². The van der Waals surface area contributed by atoms with E-state index in [4.69, 9.17) is 11.6 Å². The van der Waals surface area contributed by atoms with Crippen LogP contribution in [-0.4, -0.2) is 41.6 Å². The Balaban J connectivity index is 2.59. The van der Waals surface area contributed by atoms with Crippen LogP contribution in [0.4, 0.5) is 0 Å². The smallest absolute Gasteiger partial charge is 0.251 e. The summed E-state index contributed by atoms with van der Waals surface area (Å²) in [6.45, 7) is 1.69. The van der Waals surface area contributed by atoms with Gasteiger partial charge in [0.2, 0.25) is 11.8 Å². The highest BCUT2D eigenvalue weighted by Gasteiger charge is 2.33. The highest BCUT2D eigenvalue weighted by Crippen LogP contribution is 2.12. The Morgan fingerprint density at radius 3 is 2.81 bits per heavy atom. The topological polar surface area (TPSA) is 66.5 Å². The summed E-state index contributed by atoms with van der Waals surface area (Å²) in [5, 5.41) is 2.60. The van der Waals surface area contributed by atoms with Crippen LogP contribution in [0, 0.1) is 5.92 Å². The third kappa shape index (κ3) is 2.72. The Bertz CT molecular complexity index is 319. The van der Waals surface area contributed by atoms with Gasteiger partial charge in [0.25, 0.3) is 5.91 Å². The van der Waals surface area contributed by atoms with Crippen molar-refractivity contribution in [3.63, 3.8) is 0 Å². The molecule has 0 aromatic carbocycles. The molecule has 0 aliphatic carbocycles. The maximum Gasteiger partial charge on any atom is 0.251 e. The van der Waals surface area contributed by atoms with Crippen molar-refractivity contribution in [2.45, 2.75) is 25.8 Å². The van der Waals surface area contributed by atoms with Crippen LogP contribution >= 0.6 is 11.6 Å². The number of alkyl halides is 1. The maximum absolute atomic E-state index is 11.6. The van der Waals surface area contributed by atoms with Gasteiger partial charge in [-0.05, 0) is 6.42 Å². The first-order valence-corrected chi connectivity index (χ1v) is 5.67. The largest absolute Gasteiger partial charge is 0.344 e. The minimum Gasteiger partial charge on any atom is -0.344 e. The zero-order valence-corrected chi connectivity index (χ0v) is 10.1. The van der Waals surface area contributed by atoms with E-state index in [0.717, 1.165) is 4.90 Å². The average molecular weight is 247 g/mol. The number of carbonyl (C=O) groups is 3. The number of rotatable bonds is 3. The first-order valence-electron chi connectivity index (χ1n) is 5.14. The van der Waals surface area contributed by atoms with Crippen LogP contribution < -0.4 is 5.32 Å². The minimum absolute atomic E-state index is 0.208. The summed E-state index contributed by atoms with van der Waals surface area (Å²) >= 11 is 5.54. The second-order valence-electron chi connectivity index (χ2n) is 3.95. The number of amides is 3. The van der Waals surface area contributed by atoms with Crippen LogP contribution in [0.2, 0.25) is 0 Å². The number of carbonyl (C=O) groups excluding carboxylic acids is 3. The van der Waals surface area contributed by atoms with Crippen molar-refractivity contribution in [3.8, 4) is 0 Å². The average Bonchev–Trinajstić information content (AvgIpc) is 2.28. The normalized spacial score (nSPS) is 23.2. The van der Waals surface area contributed by atoms with Crippen molar-refractivity contribution in [3.05, 3.63) is 0 Å². The second-order valence-corrected chi connectivity index (χ2v) is 4.25. The predicted octanol–water partition coefficient (Wildman–Crippen LogP) is 0.125. The molecule has 0 spiro atoms. The second kappa shape index (κ2) is 5.30.